The van der Waals surface area contributed by atoms with Crippen molar-refractivity contribution in [2.45, 2.75) is 19.4 Å². The normalized spacial score (nSPS) is 11.2. The molecule has 0 saturated carbocycles. The molecular formula is C11H17NO4. The summed E-state index contributed by atoms with van der Waals surface area (Å²) in [7, 11) is 0. The fraction of sp³-hybridized carbons (Fsp3) is 0.364. The number of nitrogens with two attached hydrogens (primary N) is 1. The number of carboxylic acids is 1. The molecule has 0 aliphatic carbocycles. The highest BCUT2D eigenvalue weighted by Gasteiger charge is 2.02. The molecule has 1 unspecified atom stereocenters. The summed E-state index contributed by atoms with van der Waals surface area (Å²) in [6.07, 6.45) is -0.407. The molecule has 0 aromatic heterocycles. The predicted molar refractivity (Wildman–Crippen MR) is 60.0 cm³/mol. The Kier molecular flexibility index (Phi) is 6.91. The molecule has 16 heavy (non-hydrogen) atoms. The van der Waals surface area contributed by atoms with E-state index in [1.54, 1.807) is 19.1 Å². The Hall–Kier alpha value is -1.59. The van der Waals surface area contributed by atoms with Gasteiger partial charge in [0.1, 0.15) is 5.75 Å². The second kappa shape index (κ2) is 7.67. The van der Waals surface area contributed by atoms with Gasteiger partial charge in [0.25, 0.3) is 0 Å². The number of carbonyl (C=O) groups is 1. The molecule has 1 atom stereocenters. The molecule has 1 rings (SSSR count). The van der Waals surface area contributed by atoms with Gasteiger partial charge in [-0.25, -0.2) is 0 Å². The van der Waals surface area contributed by atoms with Gasteiger partial charge in [0, 0.05) is 13.0 Å². The topological polar surface area (TPSA) is 104 Å². The standard InChI is InChI=1S/C8H11NO2.C3H6O2/c9-5-8(11)6-1-3-7(10)4-2-6;1-2-3(4)5/h1-4,8,10-11H,5,9H2;2H2,1H3,(H,4,5). The van der Waals surface area contributed by atoms with Crippen molar-refractivity contribution in [2.24, 2.45) is 5.73 Å². The Morgan fingerprint density at radius 3 is 2.12 bits per heavy atom. The number of aromatic hydroxyl groups is 1. The number of hydrogen-bond acceptors (Lipinski definition) is 4. The summed E-state index contributed by atoms with van der Waals surface area (Å²) in [5, 5.41) is 25.8. The van der Waals surface area contributed by atoms with Gasteiger partial charge in [0.2, 0.25) is 0 Å². The van der Waals surface area contributed by atoms with Crippen LogP contribution in [0.2, 0.25) is 0 Å². The number of carboxylic acid groups (broad SMARTS) is 1. The van der Waals surface area contributed by atoms with Crippen LogP contribution in [0.1, 0.15) is 25.0 Å². The molecule has 0 heterocycles. The minimum atomic E-state index is -0.745. The highest BCUT2D eigenvalue weighted by Crippen LogP contribution is 2.15. The van der Waals surface area contributed by atoms with Gasteiger partial charge in [-0.2, -0.15) is 0 Å². The zero-order valence-electron chi connectivity index (χ0n) is 9.13. The first kappa shape index (κ1) is 14.4. The maximum Gasteiger partial charge on any atom is 0.303 e. The van der Waals surface area contributed by atoms with E-state index in [2.05, 4.69) is 0 Å². The third kappa shape index (κ3) is 6.00. The monoisotopic (exact) mass is 227 g/mol. The van der Waals surface area contributed by atoms with Gasteiger partial charge in [-0.05, 0) is 17.7 Å². The predicted octanol–water partition coefficient (Wildman–Crippen LogP) is 0.865. The van der Waals surface area contributed by atoms with Gasteiger partial charge >= 0.3 is 5.97 Å². The summed E-state index contributed by atoms with van der Waals surface area (Å²) in [4.78, 5) is 9.37. The molecule has 0 amide bonds. The average molecular weight is 227 g/mol. The molecule has 0 aliphatic heterocycles. The molecule has 5 nitrogen and oxygen atoms in total. The number of aliphatic hydroxyl groups is 1. The SMILES string of the molecule is CCC(=O)O.NCC(O)c1ccc(O)cc1. The van der Waals surface area contributed by atoms with E-state index in [9.17, 15) is 9.90 Å². The van der Waals surface area contributed by atoms with Crippen LogP contribution in [0.5, 0.6) is 5.75 Å². The number of phenols is 1. The largest absolute Gasteiger partial charge is 0.508 e. The Morgan fingerprint density at radius 1 is 1.38 bits per heavy atom. The van der Waals surface area contributed by atoms with Gasteiger partial charge < -0.3 is 21.1 Å². The van der Waals surface area contributed by atoms with Crippen molar-refractivity contribution in [1.29, 1.82) is 0 Å². The first-order chi connectivity index (χ1) is 7.51. The van der Waals surface area contributed by atoms with E-state index in [1.165, 1.54) is 12.1 Å². The van der Waals surface area contributed by atoms with Gasteiger partial charge in [-0.15, -0.1) is 0 Å². The van der Waals surface area contributed by atoms with E-state index >= 15 is 0 Å². The highest BCUT2D eigenvalue weighted by atomic mass is 16.4. The van der Waals surface area contributed by atoms with E-state index in [4.69, 9.17) is 15.9 Å². The van der Waals surface area contributed by atoms with Crippen LogP contribution in [0.4, 0.5) is 0 Å². The summed E-state index contributed by atoms with van der Waals surface area (Å²) in [5.74, 6) is -0.553. The Bertz CT molecular complexity index is 310. The molecule has 0 bridgehead atoms. The number of rotatable bonds is 3. The maximum absolute atomic E-state index is 9.37. The van der Waals surface area contributed by atoms with E-state index in [0.717, 1.165) is 5.56 Å². The van der Waals surface area contributed by atoms with E-state index in [1.807, 2.05) is 0 Å². The quantitative estimate of drug-likeness (QED) is 0.613. The summed E-state index contributed by atoms with van der Waals surface area (Å²) < 4.78 is 0. The summed E-state index contributed by atoms with van der Waals surface area (Å²) in [6, 6.07) is 6.34. The molecule has 0 saturated heterocycles. The van der Waals surface area contributed by atoms with Crippen molar-refractivity contribution in [1.82, 2.24) is 0 Å². The molecule has 0 spiro atoms. The summed E-state index contributed by atoms with van der Waals surface area (Å²) >= 11 is 0. The first-order valence-electron chi connectivity index (χ1n) is 4.90. The molecule has 5 N–H and O–H groups in total. The lowest BCUT2D eigenvalue weighted by Crippen LogP contribution is -2.10. The minimum Gasteiger partial charge on any atom is -0.508 e. The molecule has 0 radical (unpaired) electrons. The van der Waals surface area contributed by atoms with E-state index in [-0.39, 0.29) is 18.7 Å². The maximum atomic E-state index is 9.37. The number of aliphatic carboxylic acids is 1. The van der Waals surface area contributed by atoms with Crippen LogP contribution >= 0.6 is 0 Å². The van der Waals surface area contributed by atoms with Gasteiger partial charge in [0.15, 0.2) is 0 Å². The first-order valence-corrected chi connectivity index (χ1v) is 4.90. The minimum absolute atomic E-state index is 0.193. The smallest absolute Gasteiger partial charge is 0.303 e. The lowest BCUT2D eigenvalue weighted by molar-refractivity contribution is -0.136. The lowest BCUT2D eigenvalue weighted by atomic mass is 10.1. The Balaban J connectivity index is 0.000000385. The molecule has 1 aromatic rings. The zero-order valence-corrected chi connectivity index (χ0v) is 9.13. The second-order valence-corrected chi connectivity index (χ2v) is 3.09. The molecule has 90 valence electrons. The third-order valence-electron chi connectivity index (χ3n) is 1.80. The molecule has 5 heteroatoms. The average Bonchev–Trinajstić information content (AvgIpc) is 2.29. The van der Waals surface area contributed by atoms with Crippen molar-refractivity contribution in [3.8, 4) is 5.75 Å². The molecule has 0 aliphatic rings. The van der Waals surface area contributed by atoms with Crippen LogP contribution < -0.4 is 5.73 Å². The van der Waals surface area contributed by atoms with Crippen LogP contribution in [0.15, 0.2) is 24.3 Å². The summed E-state index contributed by atoms with van der Waals surface area (Å²) in [5.41, 5.74) is 5.96. The zero-order chi connectivity index (χ0) is 12.6. The third-order valence-corrected chi connectivity index (χ3v) is 1.80. The van der Waals surface area contributed by atoms with Crippen molar-refractivity contribution in [3.05, 3.63) is 29.8 Å². The number of benzene rings is 1. The van der Waals surface area contributed by atoms with Crippen LogP contribution in [0.25, 0.3) is 0 Å². The van der Waals surface area contributed by atoms with E-state index < -0.39 is 12.1 Å². The van der Waals surface area contributed by atoms with Crippen molar-refractivity contribution < 1.29 is 20.1 Å². The van der Waals surface area contributed by atoms with Crippen LogP contribution in [0, 0.1) is 0 Å². The van der Waals surface area contributed by atoms with Gasteiger partial charge in [0.05, 0.1) is 6.10 Å². The number of hydrogen-bond donors (Lipinski definition) is 4. The van der Waals surface area contributed by atoms with Crippen molar-refractivity contribution >= 4 is 5.97 Å². The molecule has 0 fully saturated rings. The van der Waals surface area contributed by atoms with Crippen molar-refractivity contribution in [2.75, 3.05) is 6.54 Å². The highest BCUT2D eigenvalue weighted by molar-refractivity contribution is 5.66. The van der Waals surface area contributed by atoms with Gasteiger partial charge in [-0.1, -0.05) is 19.1 Å². The molecular weight excluding hydrogens is 210 g/mol. The van der Waals surface area contributed by atoms with Crippen LogP contribution in [0.3, 0.4) is 0 Å². The van der Waals surface area contributed by atoms with E-state index in [0.29, 0.717) is 0 Å². The molecule has 1 aromatic carbocycles. The van der Waals surface area contributed by atoms with Crippen molar-refractivity contribution in [3.63, 3.8) is 0 Å². The summed E-state index contributed by atoms with van der Waals surface area (Å²) in [6.45, 7) is 1.80. The second-order valence-electron chi connectivity index (χ2n) is 3.09. The number of aliphatic hydroxyl groups excluding tert-OH is 1. The number of phenolic OH excluding ortho intramolecular Hbond substituents is 1. The lowest BCUT2D eigenvalue weighted by Gasteiger charge is -2.06. The van der Waals surface area contributed by atoms with Crippen LogP contribution in [-0.2, 0) is 4.79 Å². The van der Waals surface area contributed by atoms with Gasteiger partial charge in [-0.3, -0.25) is 4.79 Å². The van der Waals surface area contributed by atoms with Crippen LogP contribution in [-0.4, -0.2) is 27.8 Å². The Morgan fingerprint density at radius 2 is 1.81 bits per heavy atom. The fourth-order valence-electron chi connectivity index (χ4n) is 0.833. The Labute approximate surface area is 94.1 Å². The fourth-order valence-corrected chi connectivity index (χ4v) is 0.833.